The lowest BCUT2D eigenvalue weighted by atomic mass is 9.74. The van der Waals surface area contributed by atoms with Gasteiger partial charge in [-0.15, -0.1) is 24.0 Å². The zero-order valence-electron chi connectivity index (χ0n) is 18.6. The zero-order valence-corrected chi connectivity index (χ0v) is 21.0. The molecule has 0 amide bonds. The summed E-state index contributed by atoms with van der Waals surface area (Å²) in [5, 5.41) is 6.94. The van der Waals surface area contributed by atoms with Crippen molar-refractivity contribution < 1.29 is 14.2 Å². The molecular formula is C24H34IN3O3. The lowest BCUT2D eigenvalue weighted by Crippen LogP contribution is -2.48. The monoisotopic (exact) mass is 539 g/mol. The molecule has 31 heavy (non-hydrogen) atoms. The van der Waals surface area contributed by atoms with Crippen LogP contribution in [-0.2, 0) is 16.7 Å². The minimum Gasteiger partial charge on any atom is -0.497 e. The second kappa shape index (κ2) is 12.8. The van der Waals surface area contributed by atoms with Crippen LogP contribution in [0.3, 0.4) is 0 Å². The van der Waals surface area contributed by atoms with Gasteiger partial charge in [-0.1, -0.05) is 24.3 Å². The lowest BCUT2D eigenvalue weighted by molar-refractivity contribution is 0.0513. The Morgan fingerprint density at radius 3 is 2.35 bits per heavy atom. The third-order valence-electron chi connectivity index (χ3n) is 5.64. The zero-order chi connectivity index (χ0) is 21.2. The van der Waals surface area contributed by atoms with Crippen LogP contribution in [-0.4, -0.2) is 46.5 Å². The lowest BCUT2D eigenvalue weighted by Gasteiger charge is -2.38. The van der Waals surface area contributed by atoms with E-state index in [1.165, 1.54) is 5.56 Å². The molecule has 1 saturated heterocycles. The minimum absolute atomic E-state index is 0. The van der Waals surface area contributed by atoms with Gasteiger partial charge in [-0.3, -0.25) is 0 Å². The summed E-state index contributed by atoms with van der Waals surface area (Å²) in [6, 6.07) is 16.4. The number of halogens is 1. The Labute approximate surface area is 202 Å². The van der Waals surface area contributed by atoms with Gasteiger partial charge in [0.2, 0.25) is 0 Å². The minimum atomic E-state index is 0. The van der Waals surface area contributed by atoms with Gasteiger partial charge < -0.3 is 24.8 Å². The molecule has 0 aliphatic carbocycles. The molecule has 1 heterocycles. The molecule has 1 aliphatic heterocycles. The average molecular weight is 539 g/mol. The van der Waals surface area contributed by atoms with Gasteiger partial charge >= 0.3 is 0 Å². The first-order chi connectivity index (χ1) is 14.7. The first-order valence-electron chi connectivity index (χ1n) is 10.6. The first kappa shape index (κ1) is 25.3. The number of guanidine groups is 1. The van der Waals surface area contributed by atoms with Gasteiger partial charge in [0.25, 0.3) is 0 Å². The van der Waals surface area contributed by atoms with Gasteiger partial charge in [-0.2, -0.15) is 0 Å². The van der Waals surface area contributed by atoms with Gasteiger partial charge in [0.1, 0.15) is 11.5 Å². The molecule has 0 unspecified atom stereocenters. The molecule has 0 spiro atoms. The summed E-state index contributed by atoms with van der Waals surface area (Å²) in [4.78, 5) is 4.78. The largest absolute Gasteiger partial charge is 0.497 e. The van der Waals surface area contributed by atoms with E-state index in [0.29, 0.717) is 6.54 Å². The van der Waals surface area contributed by atoms with Crippen molar-refractivity contribution in [1.82, 2.24) is 10.6 Å². The highest BCUT2D eigenvalue weighted by Gasteiger charge is 2.34. The molecule has 2 N–H and O–H groups in total. The Bertz CT molecular complexity index is 821. The normalized spacial score (nSPS) is 15.5. The summed E-state index contributed by atoms with van der Waals surface area (Å²) >= 11 is 0. The Kier molecular flexibility index (Phi) is 10.4. The fraction of sp³-hybridized carbons (Fsp3) is 0.458. The molecule has 6 nitrogen and oxygen atoms in total. The van der Waals surface area contributed by atoms with Crippen molar-refractivity contribution in [2.24, 2.45) is 4.99 Å². The fourth-order valence-corrected chi connectivity index (χ4v) is 3.81. The Morgan fingerprint density at radius 2 is 1.71 bits per heavy atom. The molecule has 0 aromatic heterocycles. The highest BCUT2D eigenvalue weighted by Crippen LogP contribution is 2.35. The van der Waals surface area contributed by atoms with Crippen molar-refractivity contribution in [2.45, 2.75) is 31.7 Å². The van der Waals surface area contributed by atoms with Crippen LogP contribution in [0.2, 0.25) is 0 Å². The van der Waals surface area contributed by atoms with Crippen molar-refractivity contribution in [3.8, 4) is 11.5 Å². The standard InChI is InChI=1S/C24H33N3O3.HI/c1-4-25-23(26-17-19-6-5-7-22(16-19)29-3)27-18-24(12-14-30-15-13-24)20-8-10-21(28-2)11-9-20;/h5-11,16H,4,12-15,17-18H2,1-3H3,(H2,25,26,27);1H. The van der Waals surface area contributed by atoms with Crippen LogP contribution in [0.25, 0.3) is 0 Å². The predicted molar refractivity (Wildman–Crippen MR) is 136 cm³/mol. The molecule has 2 aromatic rings. The molecular weight excluding hydrogens is 505 g/mol. The Hall–Kier alpha value is -2.00. The average Bonchev–Trinajstić information content (AvgIpc) is 2.81. The van der Waals surface area contributed by atoms with Gasteiger partial charge in [0.15, 0.2) is 5.96 Å². The molecule has 0 saturated carbocycles. The first-order valence-corrected chi connectivity index (χ1v) is 10.6. The van der Waals surface area contributed by atoms with Crippen molar-refractivity contribution in [1.29, 1.82) is 0 Å². The topological polar surface area (TPSA) is 64.1 Å². The maximum absolute atomic E-state index is 5.66. The van der Waals surface area contributed by atoms with E-state index in [2.05, 4.69) is 35.8 Å². The van der Waals surface area contributed by atoms with Crippen LogP contribution in [0.1, 0.15) is 30.9 Å². The summed E-state index contributed by atoms with van der Waals surface area (Å²) in [6.45, 7) is 5.81. The number of methoxy groups -OCH3 is 2. The van der Waals surface area contributed by atoms with Crippen LogP contribution in [0, 0.1) is 0 Å². The quantitative estimate of drug-likeness (QED) is 0.300. The van der Waals surface area contributed by atoms with Gasteiger partial charge in [0, 0.05) is 31.7 Å². The smallest absolute Gasteiger partial charge is 0.191 e. The molecule has 170 valence electrons. The third kappa shape index (κ3) is 7.00. The van der Waals surface area contributed by atoms with Gasteiger partial charge in [-0.25, -0.2) is 4.99 Å². The van der Waals surface area contributed by atoms with E-state index in [0.717, 1.165) is 62.2 Å². The van der Waals surface area contributed by atoms with E-state index in [4.69, 9.17) is 19.2 Å². The van der Waals surface area contributed by atoms with E-state index in [-0.39, 0.29) is 29.4 Å². The summed E-state index contributed by atoms with van der Waals surface area (Å²) in [5.41, 5.74) is 2.43. The molecule has 2 aromatic carbocycles. The summed E-state index contributed by atoms with van der Waals surface area (Å²) in [7, 11) is 3.38. The maximum atomic E-state index is 5.66. The summed E-state index contributed by atoms with van der Waals surface area (Å²) in [5.74, 6) is 2.54. The Morgan fingerprint density at radius 1 is 1.00 bits per heavy atom. The van der Waals surface area contributed by atoms with Gasteiger partial charge in [0.05, 0.1) is 20.8 Å². The number of rotatable bonds is 8. The molecule has 1 aliphatic rings. The Balaban J connectivity index is 0.00000341. The number of hydrogen-bond donors (Lipinski definition) is 2. The number of benzene rings is 2. The molecule has 0 bridgehead atoms. The van der Waals surface area contributed by atoms with E-state index in [1.54, 1.807) is 14.2 Å². The van der Waals surface area contributed by atoms with E-state index in [9.17, 15) is 0 Å². The second-order valence-electron chi connectivity index (χ2n) is 7.52. The van der Waals surface area contributed by atoms with Crippen LogP contribution in [0.4, 0.5) is 0 Å². The highest BCUT2D eigenvalue weighted by atomic mass is 127. The second-order valence-corrected chi connectivity index (χ2v) is 7.52. The van der Waals surface area contributed by atoms with Crippen molar-refractivity contribution in [2.75, 3.05) is 40.5 Å². The van der Waals surface area contributed by atoms with E-state index in [1.807, 2.05) is 30.3 Å². The van der Waals surface area contributed by atoms with Crippen LogP contribution >= 0.6 is 24.0 Å². The molecule has 0 atom stereocenters. The predicted octanol–water partition coefficient (Wildman–Crippen LogP) is 4.13. The highest BCUT2D eigenvalue weighted by molar-refractivity contribution is 14.0. The number of nitrogens with zero attached hydrogens (tertiary/aromatic N) is 1. The van der Waals surface area contributed by atoms with Crippen molar-refractivity contribution >= 4 is 29.9 Å². The fourth-order valence-electron chi connectivity index (χ4n) is 3.81. The number of ether oxygens (including phenoxy) is 3. The van der Waals surface area contributed by atoms with E-state index < -0.39 is 0 Å². The SMILES string of the molecule is CCNC(=NCc1cccc(OC)c1)NCC1(c2ccc(OC)cc2)CCOCC1.I. The van der Waals surface area contributed by atoms with Crippen LogP contribution in [0.5, 0.6) is 11.5 Å². The molecule has 1 fully saturated rings. The summed E-state index contributed by atoms with van der Waals surface area (Å²) in [6.07, 6.45) is 1.95. The molecule has 3 rings (SSSR count). The van der Waals surface area contributed by atoms with Gasteiger partial charge in [-0.05, 0) is 55.2 Å². The number of hydrogen-bond acceptors (Lipinski definition) is 4. The summed E-state index contributed by atoms with van der Waals surface area (Å²) < 4.78 is 16.3. The third-order valence-corrected chi connectivity index (χ3v) is 5.64. The molecule has 0 radical (unpaired) electrons. The van der Waals surface area contributed by atoms with E-state index >= 15 is 0 Å². The van der Waals surface area contributed by atoms with Crippen molar-refractivity contribution in [3.05, 3.63) is 59.7 Å². The number of aliphatic imine (C=N–C) groups is 1. The van der Waals surface area contributed by atoms with Crippen molar-refractivity contribution in [3.63, 3.8) is 0 Å². The number of nitrogens with one attached hydrogen (secondary N) is 2. The maximum Gasteiger partial charge on any atom is 0.191 e. The van der Waals surface area contributed by atoms with Crippen LogP contribution in [0.15, 0.2) is 53.5 Å². The van der Waals surface area contributed by atoms with Crippen LogP contribution < -0.4 is 20.1 Å². The molecule has 7 heteroatoms.